The minimum absolute atomic E-state index is 0.201. The number of rotatable bonds is 9. The average molecular weight is 434 g/mol. The molecule has 0 aliphatic carbocycles. The fourth-order valence-electron chi connectivity index (χ4n) is 3.16. The first-order chi connectivity index (χ1) is 15.1. The number of amides is 3. The molecule has 3 aromatic rings. The quantitative estimate of drug-likeness (QED) is 0.435. The van der Waals surface area contributed by atoms with Crippen molar-refractivity contribution in [3.63, 3.8) is 0 Å². The Morgan fingerprint density at radius 3 is 2.06 bits per heavy atom. The number of hydrogen-bond acceptors (Lipinski definition) is 3. The Hall–Kier alpha value is -3.25. The molecule has 1 atom stereocenters. The lowest BCUT2D eigenvalue weighted by molar-refractivity contribution is -0.122. The Morgan fingerprint density at radius 1 is 0.839 bits per heavy atom. The summed E-state index contributed by atoms with van der Waals surface area (Å²) in [4.78, 5) is 26.5. The molecule has 31 heavy (non-hydrogen) atoms. The molecule has 0 heterocycles. The molecule has 0 saturated carbocycles. The summed E-state index contributed by atoms with van der Waals surface area (Å²) in [5, 5.41) is 8.58. The van der Waals surface area contributed by atoms with E-state index >= 15 is 0 Å². The van der Waals surface area contributed by atoms with Gasteiger partial charge in [0.15, 0.2) is 0 Å². The fraction of sp³-hybridized carbons (Fsp3) is 0.200. The van der Waals surface area contributed by atoms with E-state index in [0.717, 1.165) is 22.4 Å². The fourth-order valence-corrected chi connectivity index (χ4v) is 3.57. The molecular weight excluding hydrogens is 406 g/mol. The zero-order chi connectivity index (χ0) is 21.9. The van der Waals surface area contributed by atoms with Crippen LogP contribution in [0.1, 0.15) is 11.1 Å². The van der Waals surface area contributed by atoms with Crippen LogP contribution in [0, 0.1) is 0 Å². The lowest BCUT2D eigenvalue weighted by atomic mass is 10.1. The third-order valence-electron chi connectivity index (χ3n) is 4.81. The zero-order valence-electron chi connectivity index (χ0n) is 17.5. The van der Waals surface area contributed by atoms with Crippen LogP contribution in [0.3, 0.4) is 0 Å². The first-order valence-electron chi connectivity index (χ1n) is 10.2. The van der Waals surface area contributed by atoms with E-state index in [1.807, 2.05) is 91.2 Å². The van der Waals surface area contributed by atoms with Crippen LogP contribution in [0.4, 0.5) is 10.5 Å². The summed E-state index contributed by atoms with van der Waals surface area (Å²) >= 11 is 1.64. The Bertz CT molecular complexity index is 963. The molecule has 0 aromatic heterocycles. The predicted molar refractivity (Wildman–Crippen MR) is 127 cm³/mol. The molecule has 0 aliphatic heterocycles. The Kier molecular flexibility index (Phi) is 8.55. The van der Waals surface area contributed by atoms with Crippen LogP contribution in [-0.2, 0) is 17.6 Å². The number of thioether (sulfide) groups is 1. The summed E-state index contributed by atoms with van der Waals surface area (Å²) in [6.45, 7) is 0.508. The van der Waals surface area contributed by atoms with Gasteiger partial charge in [-0.1, -0.05) is 60.7 Å². The highest BCUT2D eigenvalue weighted by atomic mass is 32.2. The van der Waals surface area contributed by atoms with E-state index < -0.39 is 12.1 Å². The van der Waals surface area contributed by atoms with Gasteiger partial charge in [-0.25, -0.2) is 4.79 Å². The number of anilines is 1. The van der Waals surface area contributed by atoms with Crippen molar-refractivity contribution in [2.45, 2.75) is 23.8 Å². The third kappa shape index (κ3) is 7.50. The molecule has 3 aromatic carbocycles. The van der Waals surface area contributed by atoms with Gasteiger partial charge in [-0.3, -0.25) is 4.79 Å². The number of hydrogen-bond donors (Lipinski definition) is 3. The number of urea groups is 1. The molecule has 0 fully saturated rings. The second-order valence-corrected chi connectivity index (χ2v) is 7.98. The van der Waals surface area contributed by atoms with Crippen molar-refractivity contribution < 1.29 is 9.59 Å². The van der Waals surface area contributed by atoms with Crippen LogP contribution < -0.4 is 16.0 Å². The topological polar surface area (TPSA) is 70.2 Å². The Balaban J connectivity index is 1.60. The second kappa shape index (κ2) is 11.8. The maximum Gasteiger partial charge on any atom is 0.319 e. The number of benzene rings is 3. The van der Waals surface area contributed by atoms with E-state index in [0.29, 0.717) is 18.7 Å². The van der Waals surface area contributed by atoms with Crippen LogP contribution in [0.15, 0.2) is 89.8 Å². The van der Waals surface area contributed by atoms with Gasteiger partial charge in [-0.05, 0) is 48.1 Å². The molecule has 0 radical (unpaired) electrons. The number of nitrogens with one attached hydrogen (secondary N) is 3. The Morgan fingerprint density at radius 2 is 1.45 bits per heavy atom. The lowest BCUT2D eigenvalue weighted by Gasteiger charge is -2.19. The first kappa shape index (κ1) is 22.4. The number of carbonyl (C=O) groups is 2. The first-order valence-corrected chi connectivity index (χ1v) is 11.4. The summed E-state index contributed by atoms with van der Waals surface area (Å²) < 4.78 is 0. The molecular formula is C25H27N3O2S. The minimum Gasteiger partial charge on any atom is -0.354 e. The van der Waals surface area contributed by atoms with Crippen molar-refractivity contribution in [2.24, 2.45) is 0 Å². The lowest BCUT2D eigenvalue weighted by Crippen LogP contribution is -2.49. The van der Waals surface area contributed by atoms with Crippen LogP contribution in [0.5, 0.6) is 0 Å². The summed E-state index contributed by atoms with van der Waals surface area (Å²) in [6, 6.07) is 26.1. The summed E-state index contributed by atoms with van der Waals surface area (Å²) in [5.74, 6) is -0.201. The standard InChI is InChI=1S/C25H27N3O2S/c1-31-22-14-12-21(13-15-22)27-25(30)28-23(18-20-10-6-3-7-11-20)24(29)26-17-16-19-8-4-2-5-9-19/h2-15,23H,16-18H2,1H3,(H,26,29)(H2,27,28,30). The predicted octanol–water partition coefficient (Wildman–Crippen LogP) is 4.50. The van der Waals surface area contributed by atoms with Gasteiger partial charge in [0.05, 0.1) is 0 Å². The van der Waals surface area contributed by atoms with Crippen LogP contribution in [0.2, 0.25) is 0 Å². The Labute approximate surface area is 187 Å². The van der Waals surface area contributed by atoms with Crippen molar-refractivity contribution >= 4 is 29.4 Å². The van der Waals surface area contributed by atoms with Crippen molar-refractivity contribution in [3.8, 4) is 0 Å². The molecule has 0 bridgehead atoms. The van der Waals surface area contributed by atoms with E-state index in [2.05, 4.69) is 16.0 Å². The molecule has 0 saturated heterocycles. The normalized spacial score (nSPS) is 11.4. The van der Waals surface area contributed by atoms with Crippen LogP contribution >= 0.6 is 11.8 Å². The second-order valence-electron chi connectivity index (χ2n) is 7.10. The molecule has 0 spiro atoms. The van der Waals surface area contributed by atoms with Gasteiger partial charge in [0.1, 0.15) is 6.04 Å². The molecule has 3 rings (SSSR count). The maximum atomic E-state index is 12.9. The molecule has 6 heteroatoms. The molecule has 160 valence electrons. The monoisotopic (exact) mass is 433 g/mol. The smallest absolute Gasteiger partial charge is 0.319 e. The van der Waals surface area contributed by atoms with Gasteiger partial charge in [0.25, 0.3) is 0 Å². The van der Waals surface area contributed by atoms with Crippen molar-refractivity contribution in [3.05, 3.63) is 96.1 Å². The largest absolute Gasteiger partial charge is 0.354 e. The number of carbonyl (C=O) groups excluding carboxylic acids is 2. The van der Waals surface area contributed by atoms with E-state index in [-0.39, 0.29) is 5.91 Å². The van der Waals surface area contributed by atoms with Gasteiger partial charge in [-0.15, -0.1) is 11.8 Å². The average Bonchev–Trinajstić information content (AvgIpc) is 2.80. The summed E-state index contributed by atoms with van der Waals surface area (Å²) in [7, 11) is 0. The van der Waals surface area contributed by atoms with Crippen LogP contribution in [0.25, 0.3) is 0 Å². The maximum absolute atomic E-state index is 12.9. The van der Waals surface area contributed by atoms with Gasteiger partial charge < -0.3 is 16.0 Å². The van der Waals surface area contributed by atoms with Gasteiger partial charge in [0, 0.05) is 23.5 Å². The highest BCUT2D eigenvalue weighted by Crippen LogP contribution is 2.17. The van der Waals surface area contributed by atoms with E-state index in [4.69, 9.17) is 0 Å². The molecule has 1 unspecified atom stereocenters. The van der Waals surface area contributed by atoms with Crippen LogP contribution in [-0.4, -0.2) is 30.8 Å². The molecule has 0 aliphatic rings. The molecule has 5 nitrogen and oxygen atoms in total. The summed E-state index contributed by atoms with van der Waals surface area (Å²) in [5.41, 5.74) is 2.82. The highest BCUT2D eigenvalue weighted by Gasteiger charge is 2.21. The SMILES string of the molecule is CSc1ccc(NC(=O)NC(Cc2ccccc2)C(=O)NCCc2ccccc2)cc1. The minimum atomic E-state index is -0.677. The summed E-state index contributed by atoms with van der Waals surface area (Å²) in [6.07, 6.45) is 3.15. The van der Waals surface area contributed by atoms with Crippen molar-refractivity contribution in [1.29, 1.82) is 0 Å². The van der Waals surface area contributed by atoms with E-state index in [1.54, 1.807) is 11.8 Å². The molecule has 3 amide bonds. The van der Waals surface area contributed by atoms with Crippen molar-refractivity contribution in [2.75, 3.05) is 18.1 Å². The van der Waals surface area contributed by atoms with Gasteiger partial charge in [0.2, 0.25) is 5.91 Å². The van der Waals surface area contributed by atoms with Gasteiger partial charge in [-0.2, -0.15) is 0 Å². The van der Waals surface area contributed by atoms with E-state index in [1.165, 1.54) is 0 Å². The third-order valence-corrected chi connectivity index (χ3v) is 5.55. The van der Waals surface area contributed by atoms with E-state index in [9.17, 15) is 9.59 Å². The zero-order valence-corrected chi connectivity index (χ0v) is 18.3. The molecule has 3 N–H and O–H groups in total. The highest BCUT2D eigenvalue weighted by molar-refractivity contribution is 7.98. The van der Waals surface area contributed by atoms with Gasteiger partial charge >= 0.3 is 6.03 Å². The van der Waals surface area contributed by atoms with Crippen molar-refractivity contribution in [1.82, 2.24) is 10.6 Å².